The molecule has 0 saturated heterocycles. The summed E-state index contributed by atoms with van der Waals surface area (Å²) in [5.41, 5.74) is 0. The first-order valence-electron chi connectivity index (χ1n) is 7.38. The summed E-state index contributed by atoms with van der Waals surface area (Å²) in [4.78, 5) is 11.8. The summed E-state index contributed by atoms with van der Waals surface area (Å²) < 4.78 is 42.4. The number of carbonyl (C=O) groups excluding carboxylic acids is 1. The van der Waals surface area contributed by atoms with Crippen molar-refractivity contribution < 1.29 is 27.4 Å². The van der Waals surface area contributed by atoms with Crippen LogP contribution in [0.1, 0.15) is 27.2 Å². The molecule has 0 unspecified atom stereocenters. The number of carbonyl (C=O) groups is 1. The zero-order chi connectivity index (χ0) is 17.5. The Hall–Kier alpha value is -1.80. The molecule has 1 rings (SSSR count). The summed E-state index contributed by atoms with van der Waals surface area (Å²) in [7, 11) is -2.66. The molecule has 0 fully saturated rings. The number of benzene rings is 1. The van der Waals surface area contributed by atoms with E-state index in [1.54, 1.807) is 13.8 Å². The number of amides is 1. The van der Waals surface area contributed by atoms with Crippen molar-refractivity contribution in [3.63, 3.8) is 0 Å². The second-order valence-electron chi connectivity index (χ2n) is 4.58. The average molecular weight is 345 g/mol. The molecule has 1 aromatic rings. The van der Waals surface area contributed by atoms with Gasteiger partial charge >= 0.3 is 0 Å². The van der Waals surface area contributed by atoms with Gasteiger partial charge in [0.05, 0.1) is 18.1 Å². The minimum Gasteiger partial charge on any atom is -0.490 e. The summed E-state index contributed by atoms with van der Waals surface area (Å²) in [5.74, 6) is 0.0493. The number of hydrogen-bond acceptors (Lipinski definition) is 6. The third-order valence-corrected chi connectivity index (χ3v) is 4.35. The molecule has 0 bridgehead atoms. The molecular formula is C15H23NO6S. The smallest absolute Gasteiger partial charge is 0.264 e. The highest BCUT2D eigenvalue weighted by Gasteiger charge is 2.24. The van der Waals surface area contributed by atoms with Gasteiger partial charge in [0.25, 0.3) is 15.9 Å². The van der Waals surface area contributed by atoms with Crippen molar-refractivity contribution >= 4 is 15.9 Å². The average Bonchev–Trinajstić information content (AvgIpc) is 2.50. The quantitative estimate of drug-likeness (QED) is 0.733. The van der Waals surface area contributed by atoms with E-state index in [9.17, 15) is 13.2 Å². The first-order valence-corrected chi connectivity index (χ1v) is 8.86. The largest absolute Gasteiger partial charge is 0.490 e. The highest BCUT2D eigenvalue weighted by molar-refractivity contribution is 7.90. The molecule has 130 valence electrons. The SMILES string of the molecule is CCOc1ccc(S(=O)(=O)NC(=O)[C@H](CC)OC)cc1OCC. The van der Waals surface area contributed by atoms with Gasteiger partial charge in [-0.15, -0.1) is 0 Å². The third-order valence-electron chi connectivity index (χ3n) is 3.01. The number of rotatable bonds is 9. The Morgan fingerprint density at radius 1 is 1.13 bits per heavy atom. The van der Waals surface area contributed by atoms with Gasteiger partial charge in [-0.05, 0) is 32.4 Å². The number of nitrogens with one attached hydrogen (secondary N) is 1. The Morgan fingerprint density at radius 3 is 2.26 bits per heavy atom. The van der Waals surface area contributed by atoms with Crippen molar-refractivity contribution in [2.45, 2.75) is 38.2 Å². The van der Waals surface area contributed by atoms with Crippen molar-refractivity contribution in [1.82, 2.24) is 4.72 Å². The van der Waals surface area contributed by atoms with Gasteiger partial charge in [0.15, 0.2) is 11.5 Å². The fourth-order valence-corrected chi connectivity index (χ4v) is 2.94. The molecule has 0 aliphatic heterocycles. The van der Waals surface area contributed by atoms with Crippen LogP contribution in [0.25, 0.3) is 0 Å². The van der Waals surface area contributed by atoms with Gasteiger partial charge in [-0.3, -0.25) is 4.79 Å². The van der Waals surface area contributed by atoms with Crippen molar-refractivity contribution in [2.24, 2.45) is 0 Å². The highest BCUT2D eigenvalue weighted by atomic mass is 32.2. The Labute approximate surface area is 137 Å². The van der Waals surface area contributed by atoms with Gasteiger partial charge in [0, 0.05) is 13.2 Å². The van der Waals surface area contributed by atoms with Crippen molar-refractivity contribution in [2.75, 3.05) is 20.3 Å². The van der Waals surface area contributed by atoms with Crippen LogP contribution in [0.3, 0.4) is 0 Å². The highest BCUT2D eigenvalue weighted by Crippen LogP contribution is 2.30. The molecule has 1 atom stereocenters. The Balaban J connectivity index is 3.08. The van der Waals surface area contributed by atoms with Crippen molar-refractivity contribution in [1.29, 1.82) is 0 Å². The van der Waals surface area contributed by atoms with Gasteiger partial charge in [-0.1, -0.05) is 6.92 Å². The lowest BCUT2D eigenvalue weighted by molar-refractivity contribution is -0.129. The zero-order valence-electron chi connectivity index (χ0n) is 13.8. The maximum atomic E-state index is 12.3. The van der Waals surface area contributed by atoms with Crippen LogP contribution < -0.4 is 14.2 Å². The van der Waals surface area contributed by atoms with Crippen LogP contribution in [-0.2, 0) is 19.6 Å². The molecule has 8 heteroatoms. The molecule has 1 aromatic carbocycles. The van der Waals surface area contributed by atoms with Crippen molar-refractivity contribution in [3.05, 3.63) is 18.2 Å². The number of methoxy groups -OCH3 is 1. The topological polar surface area (TPSA) is 90.9 Å². The molecule has 0 aliphatic carbocycles. The van der Waals surface area contributed by atoms with Gasteiger partial charge in [0.2, 0.25) is 0 Å². The van der Waals surface area contributed by atoms with Gasteiger partial charge < -0.3 is 14.2 Å². The van der Waals surface area contributed by atoms with E-state index in [2.05, 4.69) is 0 Å². The van der Waals surface area contributed by atoms with Crippen LogP contribution in [-0.4, -0.2) is 40.8 Å². The first-order chi connectivity index (χ1) is 10.9. The van der Waals surface area contributed by atoms with E-state index >= 15 is 0 Å². The van der Waals surface area contributed by atoms with Crippen LogP contribution in [0, 0.1) is 0 Å². The lowest BCUT2D eigenvalue weighted by Gasteiger charge is -2.15. The van der Waals surface area contributed by atoms with E-state index in [1.807, 2.05) is 11.6 Å². The summed E-state index contributed by atoms with van der Waals surface area (Å²) in [6.07, 6.45) is -0.454. The predicted octanol–water partition coefficient (Wildman–Crippen LogP) is 1.71. The molecule has 1 N–H and O–H groups in total. The summed E-state index contributed by atoms with van der Waals surface area (Å²) in [6.45, 7) is 6.11. The number of ether oxygens (including phenoxy) is 3. The molecule has 0 aliphatic rings. The molecule has 0 aromatic heterocycles. The number of hydrogen-bond donors (Lipinski definition) is 1. The second kappa shape index (κ2) is 8.73. The minimum atomic E-state index is -4.01. The zero-order valence-corrected chi connectivity index (χ0v) is 14.6. The standard InChI is InChI=1S/C15H23NO6S/c1-5-12(20-4)15(17)16-23(18,19)11-8-9-13(21-6-2)14(10-11)22-7-3/h8-10,12H,5-7H2,1-4H3,(H,16,17)/t12-/m0/s1. The van der Waals surface area contributed by atoms with Gasteiger partial charge in [-0.2, -0.15) is 0 Å². The van der Waals surface area contributed by atoms with E-state index < -0.39 is 22.0 Å². The Morgan fingerprint density at radius 2 is 1.74 bits per heavy atom. The normalized spacial score (nSPS) is 12.5. The summed E-state index contributed by atoms with van der Waals surface area (Å²) >= 11 is 0. The monoisotopic (exact) mass is 345 g/mol. The Kier molecular flexibility index (Phi) is 7.31. The molecule has 1 amide bonds. The van der Waals surface area contributed by atoms with Gasteiger partial charge in [0.1, 0.15) is 6.10 Å². The van der Waals surface area contributed by atoms with E-state index in [0.29, 0.717) is 31.1 Å². The van der Waals surface area contributed by atoms with E-state index in [4.69, 9.17) is 14.2 Å². The molecule has 0 radical (unpaired) electrons. The maximum absolute atomic E-state index is 12.3. The lowest BCUT2D eigenvalue weighted by atomic mass is 10.3. The van der Waals surface area contributed by atoms with Crippen molar-refractivity contribution in [3.8, 4) is 11.5 Å². The third kappa shape index (κ3) is 5.11. The molecule has 0 saturated carbocycles. The van der Waals surface area contributed by atoms with Crippen LogP contribution in [0.2, 0.25) is 0 Å². The molecule has 23 heavy (non-hydrogen) atoms. The van der Waals surface area contributed by atoms with E-state index in [1.165, 1.54) is 25.3 Å². The summed E-state index contributed by atoms with van der Waals surface area (Å²) in [5, 5.41) is 0. The second-order valence-corrected chi connectivity index (χ2v) is 6.26. The molecular weight excluding hydrogens is 322 g/mol. The predicted molar refractivity (Wildman–Crippen MR) is 85.2 cm³/mol. The maximum Gasteiger partial charge on any atom is 0.264 e. The van der Waals surface area contributed by atoms with Crippen LogP contribution in [0.4, 0.5) is 0 Å². The molecule has 0 spiro atoms. The van der Waals surface area contributed by atoms with Crippen LogP contribution >= 0.6 is 0 Å². The fourth-order valence-electron chi connectivity index (χ4n) is 1.91. The van der Waals surface area contributed by atoms with Crippen LogP contribution in [0.15, 0.2) is 23.1 Å². The Bertz CT molecular complexity index is 625. The first kappa shape index (κ1) is 19.2. The minimum absolute atomic E-state index is 0.0799. The summed E-state index contributed by atoms with van der Waals surface area (Å²) in [6, 6.07) is 4.19. The molecule has 7 nitrogen and oxygen atoms in total. The van der Waals surface area contributed by atoms with E-state index in [-0.39, 0.29) is 4.90 Å². The molecule has 0 heterocycles. The van der Waals surface area contributed by atoms with Gasteiger partial charge in [-0.25, -0.2) is 13.1 Å². The lowest BCUT2D eigenvalue weighted by Crippen LogP contribution is -2.39. The fraction of sp³-hybridized carbons (Fsp3) is 0.533. The van der Waals surface area contributed by atoms with Crippen LogP contribution in [0.5, 0.6) is 11.5 Å². The van der Waals surface area contributed by atoms with E-state index in [0.717, 1.165) is 0 Å². The number of sulfonamides is 1.